The predicted molar refractivity (Wildman–Crippen MR) is 200 cm³/mol. The van der Waals surface area contributed by atoms with Crippen LogP contribution in [0.4, 0.5) is 22.7 Å². The fourth-order valence-corrected chi connectivity index (χ4v) is 10.2. The van der Waals surface area contributed by atoms with Gasteiger partial charge in [-0.05, 0) is 73.2 Å². The van der Waals surface area contributed by atoms with Gasteiger partial charge in [-0.25, -0.2) is 4.48 Å². The lowest BCUT2D eigenvalue weighted by atomic mass is 9.83. The number of pyridine rings is 1. The first kappa shape index (κ1) is 27.1. The summed E-state index contributed by atoms with van der Waals surface area (Å²) in [7, 11) is 2.36. The molecule has 1 fully saturated rings. The van der Waals surface area contributed by atoms with Crippen molar-refractivity contribution in [1.82, 2.24) is 9.47 Å². The van der Waals surface area contributed by atoms with Crippen LogP contribution in [0.1, 0.15) is 5.56 Å². The Hall–Kier alpha value is -5.03. The molecule has 226 valence electrons. The van der Waals surface area contributed by atoms with E-state index in [-0.39, 0.29) is 0 Å². The number of para-hydroxylation sites is 1. The van der Waals surface area contributed by atoms with E-state index in [2.05, 4.69) is 152 Å². The molecule has 2 aliphatic heterocycles. The van der Waals surface area contributed by atoms with E-state index in [9.17, 15) is 0 Å². The monoisotopic (exact) mass is 624 g/mol. The van der Waals surface area contributed by atoms with Crippen molar-refractivity contribution in [2.24, 2.45) is 11.8 Å². The summed E-state index contributed by atoms with van der Waals surface area (Å²) in [5.74, 6) is 0.983. The molecule has 0 N–H and O–H groups in total. The van der Waals surface area contributed by atoms with Crippen LogP contribution in [0.3, 0.4) is 0 Å². The van der Waals surface area contributed by atoms with Gasteiger partial charge in [-0.3, -0.25) is 4.98 Å². The summed E-state index contributed by atoms with van der Waals surface area (Å²) < 4.78 is 3.30. The lowest BCUT2D eigenvalue weighted by Crippen LogP contribution is -2.36. The Morgan fingerprint density at radius 2 is 1.43 bits per heavy atom. The smallest absolute Gasteiger partial charge is 0.160 e. The third-order valence-electron chi connectivity index (χ3n) is 10.9. The van der Waals surface area contributed by atoms with Crippen molar-refractivity contribution < 1.29 is 0 Å². The number of allylic oxidation sites excluding steroid dienone is 4. The maximum absolute atomic E-state index is 4.86. The summed E-state index contributed by atoms with van der Waals surface area (Å²) in [4.78, 5) is 7.52. The number of aryl methyl sites for hydroxylation is 1. The summed E-state index contributed by atoms with van der Waals surface area (Å²) in [6.45, 7) is 2.22. The summed E-state index contributed by atoms with van der Waals surface area (Å²) in [5, 5.41) is 2.68. The molecule has 6 aromatic rings. The number of quaternary nitrogens is 1. The molecule has 2 aromatic heterocycles. The van der Waals surface area contributed by atoms with Gasteiger partial charge in [-0.15, -0.1) is 11.3 Å². The number of aromatic nitrogens is 1. The van der Waals surface area contributed by atoms with Gasteiger partial charge < -0.3 is 4.90 Å². The molecule has 3 nitrogen and oxygen atoms in total. The average molecular weight is 625 g/mol. The zero-order valence-corrected chi connectivity index (χ0v) is 27.2. The summed E-state index contributed by atoms with van der Waals surface area (Å²) >= 11 is 1.94. The molecule has 4 heteroatoms. The highest BCUT2D eigenvalue weighted by atomic mass is 32.1. The minimum absolute atomic E-state index is 0.359. The van der Waals surface area contributed by atoms with Crippen LogP contribution in [0.2, 0.25) is 0 Å². The standard InChI is InChI=1S/C43H34N3S/c1-27-24-34(36-16-10-11-23-44-36)42-35(25-27)41-39(46(42,2)29-12-4-3-5-13-29)21-20-32-33-26-28(19-22-40(33)47-43(32)41)45-37-17-8-6-14-30(37)31-15-7-9-18-38(31)45/h3-26,30-31,37-38H,1-2H3/q+1. The highest BCUT2D eigenvalue weighted by Crippen LogP contribution is 2.62. The Labute approximate surface area is 279 Å². The second-order valence-corrected chi connectivity index (χ2v) is 14.5. The SMILES string of the molecule is Cc1cc(-c2ccccn2)c2c(c1)-c1c(ccc3c1sc1ccc(N4C5C=CC=CC5C5C=CC=CC54)cc13)[N+]2(C)c1ccccc1. The molecule has 0 spiro atoms. The summed E-state index contributed by atoms with van der Waals surface area (Å²) in [6, 6.07) is 34.6. The van der Waals surface area contributed by atoms with E-state index in [4.69, 9.17) is 4.98 Å². The number of benzene rings is 4. The fraction of sp³-hybridized carbons (Fsp3) is 0.140. The fourth-order valence-electron chi connectivity index (χ4n) is 8.93. The zero-order chi connectivity index (χ0) is 31.3. The van der Waals surface area contributed by atoms with Gasteiger partial charge in [-0.1, -0.05) is 72.9 Å². The van der Waals surface area contributed by atoms with Crippen LogP contribution >= 0.6 is 11.3 Å². The van der Waals surface area contributed by atoms with Crippen molar-refractivity contribution in [3.63, 3.8) is 0 Å². The molecule has 2 aliphatic carbocycles. The van der Waals surface area contributed by atoms with E-state index >= 15 is 0 Å². The molecular formula is C43H34N3S+. The molecule has 0 saturated carbocycles. The number of hydrogen-bond acceptors (Lipinski definition) is 3. The second kappa shape index (κ2) is 9.98. The van der Waals surface area contributed by atoms with E-state index < -0.39 is 0 Å². The molecule has 10 rings (SSSR count). The summed E-state index contributed by atoms with van der Waals surface area (Å²) in [5.41, 5.74) is 11.3. The predicted octanol–water partition coefficient (Wildman–Crippen LogP) is 11.0. The van der Waals surface area contributed by atoms with Gasteiger partial charge in [0.15, 0.2) is 11.4 Å². The van der Waals surface area contributed by atoms with Crippen LogP contribution < -0.4 is 9.38 Å². The normalized spacial score (nSPS) is 24.9. The maximum atomic E-state index is 4.86. The number of hydrogen-bond donors (Lipinski definition) is 0. The first-order valence-corrected chi connectivity index (χ1v) is 17.4. The van der Waals surface area contributed by atoms with Crippen LogP contribution in [-0.4, -0.2) is 24.1 Å². The van der Waals surface area contributed by atoms with Crippen molar-refractivity contribution in [1.29, 1.82) is 0 Å². The van der Waals surface area contributed by atoms with E-state index in [0.717, 1.165) is 5.69 Å². The Morgan fingerprint density at radius 3 is 2.17 bits per heavy atom. The van der Waals surface area contributed by atoms with Crippen molar-refractivity contribution in [3.05, 3.63) is 151 Å². The number of anilines is 1. The molecule has 0 amide bonds. The van der Waals surface area contributed by atoms with Crippen LogP contribution in [0.15, 0.2) is 146 Å². The molecule has 4 aliphatic rings. The van der Waals surface area contributed by atoms with E-state index in [0.29, 0.717) is 28.4 Å². The number of fused-ring (bicyclic) bond motifs is 10. The van der Waals surface area contributed by atoms with Gasteiger partial charge in [0.05, 0.1) is 41.5 Å². The molecule has 5 unspecified atom stereocenters. The highest BCUT2D eigenvalue weighted by molar-refractivity contribution is 7.26. The molecule has 1 saturated heterocycles. The Bertz CT molecular complexity index is 2330. The third-order valence-corrected chi connectivity index (χ3v) is 12.2. The molecule has 0 bridgehead atoms. The lowest BCUT2D eigenvalue weighted by molar-refractivity contribution is 0.527. The third kappa shape index (κ3) is 3.74. The van der Waals surface area contributed by atoms with Gasteiger partial charge in [0.25, 0.3) is 0 Å². The Balaban J connectivity index is 1.22. The number of nitrogens with zero attached hydrogens (tertiary/aromatic N) is 3. The van der Waals surface area contributed by atoms with E-state index in [1.807, 2.05) is 23.6 Å². The average Bonchev–Trinajstić information content (AvgIpc) is 3.75. The topological polar surface area (TPSA) is 16.1 Å². The molecule has 0 radical (unpaired) electrons. The van der Waals surface area contributed by atoms with E-state index in [1.54, 1.807) is 0 Å². The van der Waals surface area contributed by atoms with Crippen LogP contribution in [0.5, 0.6) is 0 Å². The number of rotatable bonds is 3. The van der Waals surface area contributed by atoms with Crippen molar-refractivity contribution >= 4 is 54.3 Å². The lowest BCUT2D eigenvalue weighted by Gasteiger charge is -2.32. The highest BCUT2D eigenvalue weighted by Gasteiger charge is 2.47. The molecule has 5 atom stereocenters. The van der Waals surface area contributed by atoms with Gasteiger partial charge >= 0.3 is 0 Å². The van der Waals surface area contributed by atoms with Gasteiger partial charge in [0.2, 0.25) is 0 Å². The quantitative estimate of drug-likeness (QED) is 0.182. The Morgan fingerprint density at radius 1 is 0.702 bits per heavy atom. The molecular weight excluding hydrogens is 591 g/mol. The van der Waals surface area contributed by atoms with Gasteiger partial charge in [0.1, 0.15) is 5.69 Å². The minimum Gasteiger partial charge on any atom is -0.357 e. The number of thiophene rings is 1. The zero-order valence-electron chi connectivity index (χ0n) is 26.4. The Kier molecular flexibility index (Phi) is 5.76. The largest absolute Gasteiger partial charge is 0.357 e. The first-order valence-electron chi connectivity index (χ1n) is 16.6. The summed E-state index contributed by atoms with van der Waals surface area (Å²) in [6.07, 6.45) is 20.4. The maximum Gasteiger partial charge on any atom is 0.160 e. The van der Waals surface area contributed by atoms with E-state index in [1.165, 1.54) is 65.2 Å². The molecule has 4 heterocycles. The van der Waals surface area contributed by atoms with Crippen LogP contribution in [-0.2, 0) is 0 Å². The van der Waals surface area contributed by atoms with Crippen molar-refractivity contribution in [3.8, 4) is 22.4 Å². The van der Waals surface area contributed by atoms with Crippen LogP contribution in [0.25, 0.3) is 42.6 Å². The first-order chi connectivity index (χ1) is 23.1. The second-order valence-electron chi connectivity index (χ2n) is 13.5. The van der Waals surface area contributed by atoms with Gasteiger partial charge in [0, 0.05) is 50.0 Å². The molecule has 4 aromatic carbocycles. The van der Waals surface area contributed by atoms with Gasteiger partial charge in [-0.2, -0.15) is 0 Å². The van der Waals surface area contributed by atoms with Crippen molar-refractivity contribution in [2.75, 3.05) is 11.9 Å². The molecule has 47 heavy (non-hydrogen) atoms. The van der Waals surface area contributed by atoms with Crippen molar-refractivity contribution in [2.45, 2.75) is 19.0 Å². The van der Waals surface area contributed by atoms with Crippen LogP contribution in [0, 0.1) is 18.8 Å². The minimum atomic E-state index is 0.359.